The molecule has 2 amide bonds. The predicted octanol–water partition coefficient (Wildman–Crippen LogP) is 2.34. The summed E-state index contributed by atoms with van der Waals surface area (Å²) in [6, 6.07) is 11.2. The fourth-order valence-electron chi connectivity index (χ4n) is 2.34. The van der Waals surface area contributed by atoms with Gasteiger partial charge in [0.25, 0.3) is 0 Å². The van der Waals surface area contributed by atoms with Gasteiger partial charge in [0.1, 0.15) is 12.3 Å². The van der Waals surface area contributed by atoms with Gasteiger partial charge >= 0.3 is 0 Å². The maximum absolute atomic E-state index is 12.5. The van der Waals surface area contributed by atoms with E-state index < -0.39 is 5.91 Å². The van der Waals surface area contributed by atoms with Crippen LogP contribution < -0.4 is 10.6 Å². The van der Waals surface area contributed by atoms with E-state index in [-0.39, 0.29) is 24.1 Å². The molecule has 1 aromatic carbocycles. The Morgan fingerprint density at radius 3 is 2.86 bits per heavy atom. The van der Waals surface area contributed by atoms with Crippen molar-refractivity contribution in [2.75, 3.05) is 11.4 Å². The highest BCUT2D eigenvalue weighted by atomic mass is 32.2. The zero-order valence-corrected chi connectivity index (χ0v) is 12.0. The minimum atomic E-state index is -0.528. The van der Waals surface area contributed by atoms with E-state index in [1.54, 1.807) is 24.1 Å². The molecule has 0 fully saturated rings. The van der Waals surface area contributed by atoms with Crippen LogP contribution >= 0.6 is 11.8 Å². The van der Waals surface area contributed by atoms with E-state index in [1.807, 2.05) is 30.3 Å². The van der Waals surface area contributed by atoms with Gasteiger partial charge in [-0.05, 0) is 24.3 Å². The van der Waals surface area contributed by atoms with Gasteiger partial charge in [-0.25, -0.2) is 0 Å². The summed E-state index contributed by atoms with van der Waals surface area (Å²) in [5, 5.41) is -0.105. The Morgan fingerprint density at radius 2 is 2.14 bits per heavy atom. The number of carbonyl (C=O) groups is 2. The van der Waals surface area contributed by atoms with Crippen molar-refractivity contribution in [3.8, 4) is 0 Å². The Kier molecular flexibility index (Phi) is 3.70. The van der Waals surface area contributed by atoms with Crippen LogP contribution in [0.15, 0.2) is 52.0 Å². The van der Waals surface area contributed by atoms with Crippen LogP contribution in [0, 0.1) is 0 Å². The third kappa shape index (κ3) is 2.80. The molecule has 0 spiro atoms. The molecule has 1 aliphatic heterocycles. The lowest BCUT2D eigenvalue weighted by atomic mass is 10.2. The van der Waals surface area contributed by atoms with Gasteiger partial charge in [0.15, 0.2) is 0 Å². The van der Waals surface area contributed by atoms with Gasteiger partial charge in [-0.15, -0.1) is 11.8 Å². The Balaban J connectivity index is 2.00. The van der Waals surface area contributed by atoms with Crippen LogP contribution in [0.2, 0.25) is 0 Å². The lowest BCUT2D eigenvalue weighted by Gasteiger charge is -2.20. The third-order valence-corrected chi connectivity index (χ3v) is 4.54. The Morgan fingerprint density at radius 1 is 1.33 bits per heavy atom. The van der Waals surface area contributed by atoms with Gasteiger partial charge in [0.2, 0.25) is 11.8 Å². The number of primary amides is 1. The summed E-state index contributed by atoms with van der Waals surface area (Å²) in [6.07, 6.45) is 1.86. The van der Waals surface area contributed by atoms with Crippen molar-refractivity contribution in [3.63, 3.8) is 0 Å². The van der Waals surface area contributed by atoms with Gasteiger partial charge in [-0.2, -0.15) is 0 Å². The molecule has 21 heavy (non-hydrogen) atoms. The van der Waals surface area contributed by atoms with Crippen molar-refractivity contribution in [3.05, 3.63) is 48.4 Å². The summed E-state index contributed by atoms with van der Waals surface area (Å²) in [5.74, 6) is 0.0938. The molecular formula is C15H14N2O3S. The van der Waals surface area contributed by atoms with Crippen molar-refractivity contribution >= 4 is 29.3 Å². The highest BCUT2D eigenvalue weighted by molar-refractivity contribution is 7.99. The van der Waals surface area contributed by atoms with Gasteiger partial charge in [-0.3, -0.25) is 9.59 Å². The number of nitrogens with zero attached hydrogens (tertiary/aromatic N) is 1. The highest BCUT2D eigenvalue weighted by Gasteiger charge is 2.30. The quantitative estimate of drug-likeness (QED) is 0.944. The number of nitrogens with two attached hydrogens (primary N) is 1. The van der Waals surface area contributed by atoms with Crippen molar-refractivity contribution in [1.29, 1.82) is 0 Å². The number of furan rings is 1. The topological polar surface area (TPSA) is 76.5 Å². The van der Waals surface area contributed by atoms with Gasteiger partial charge in [-0.1, -0.05) is 12.1 Å². The molecule has 0 aliphatic carbocycles. The van der Waals surface area contributed by atoms with E-state index in [0.717, 1.165) is 16.3 Å². The van der Waals surface area contributed by atoms with E-state index in [2.05, 4.69) is 0 Å². The maximum Gasteiger partial charge on any atom is 0.237 e. The first kappa shape index (κ1) is 13.8. The van der Waals surface area contributed by atoms with Crippen molar-refractivity contribution in [2.24, 2.45) is 5.73 Å². The summed E-state index contributed by atoms with van der Waals surface area (Å²) in [6.45, 7) is -0.110. The van der Waals surface area contributed by atoms with E-state index in [1.165, 1.54) is 4.90 Å². The normalized spacial score (nSPS) is 18.2. The molecule has 0 radical (unpaired) electrons. The molecule has 0 bridgehead atoms. The number of carbonyl (C=O) groups excluding carboxylic acids is 2. The first-order chi connectivity index (χ1) is 10.1. The number of rotatable bonds is 3. The Bertz CT molecular complexity index is 669. The minimum Gasteiger partial charge on any atom is -0.468 e. The predicted molar refractivity (Wildman–Crippen MR) is 79.9 cm³/mol. The second kappa shape index (κ2) is 5.65. The van der Waals surface area contributed by atoms with Gasteiger partial charge in [0, 0.05) is 11.3 Å². The SMILES string of the molecule is NC(=O)CN1C(=O)CC(c2ccco2)Sc2ccccc21. The lowest BCUT2D eigenvalue weighted by Crippen LogP contribution is -2.38. The van der Waals surface area contributed by atoms with Crippen LogP contribution in [0.1, 0.15) is 17.4 Å². The Hall–Kier alpha value is -2.21. The monoisotopic (exact) mass is 302 g/mol. The summed E-state index contributed by atoms with van der Waals surface area (Å²) in [7, 11) is 0. The minimum absolute atomic E-state index is 0.105. The molecule has 1 atom stereocenters. The standard InChI is InChI=1S/C15H14N2O3S/c16-14(18)9-17-10-4-1-2-6-12(10)21-13(8-15(17)19)11-5-3-7-20-11/h1-7,13H,8-9H2,(H2,16,18). The number of hydrogen-bond acceptors (Lipinski definition) is 4. The lowest BCUT2D eigenvalue weighted by molar-refractivity contribution is -0.122. The third-order valence-electron chi connectivity index (χ3n) is 3.26. The first-order valence-electron chi connectivity index (χ1n) is 6.53. The fourth-order valence-corrected chi connectivity index (χ4v) is 3.58. The van der Waals surface area contributed by atoms with Crippen LogP contribution in [0.3, 0.4) is 0 Å². The zero-order valence-electron chi connectivity index (χ0n) is 11.2. The summed E-state index contributed by atoms with van der Waals surface area (Å²) >= 11 is 1.56. The molecule has 6 heteroatoms. The second-order valence-electron chi connectivity index (χ2n) is 4.74. The average Bonchev–Trinajstić information content (AvgIpc) is 2.94. The fraction of sp³-hybridized carbons (Fsp3) is 0.200. The molecule has 1 aromatic heterocycles. The molecule has 2 aromatic rings. The maximum atomic E-state index is 12.5. The van der Waals surface area contributed by atoms with Crippen molar-refractivity contribution < 1.29 is 14.0 Å². The molecule has 5 nitrogen and oxygen atoms in total. The zero-order chi connectivity index (χ0) is 14.8. The molecular weight excluding hydrogens is 288 g/mol. The molecule has 2 N–H and O–H groups in total. The van der Waals surface area contributed by atoms with Crippen LogP contribution in [0.4, 0.5) is 5.69 Å². The number of anilines is 1. The Labute approximate surface area is 126 Å². The van der Waals surface area contributed by atoms with Crippen LogP contribution in [0.5, 0.6) is 0 Å². The molecule has 0 saturated carbocycles. The van der Waals surface area contributed by atoms with Gasteiger partial charge < -0.3 is 15.1 Å². The van der Waals surface area contributed by atoms with Crippen LogP contribution in [-0.2, 0) is 9.59 Å². The molecule has 3 rings (SSSR count). The average molecular weight is 302 g/mol. The second-order valence-corrected chi connectivity index (χ2v) is 5.98. The van der Waals surface area contributed by atoms with Crippen LogP contribution in [0.25, 0.3) is 0 Å². The highest BCUT2D eigenvalue weighted by Crippen LogP contribution is 2.45. The number of fused-ring (bicyclic) bond motifs is 1. The molecule has 108 valence electrons. The number of thioether (sulfide) groups is 1. The molecule has 1 unspecified atom stereocenters. The van der Waals surface area contributed by atoms with Gasteiger partial charge in [0.05, 0.1) is 17.2 Å². The van der Waals surface area contributed by atoms with Crippen molar-refractivity contribution in [1.82, 2.24) is 0 Å². The number of amides is 2. The van der Waals surface area contributed by atoms with Crippen LogP contribution in [-0.4, -0.2) is 18.4 Å². The van der Waals surface area contributed by atoms with Crippen molar-refractivity contribution in [2.45, 2.75) is 16.6 Å². The van der Waals surface area contributed by atoms with E-state index in [9.17, 15) is 9.59 Å². The smallest absolute Gasteiger partial charge is 0.237 e. The summed E-state index contributed by atoms with van der Waals surface area (Å²) < 4.78 is 5.43. The van der Waals surface area contributed by atoms with E-state index in [4.69, 9.17) is 10.2 Å². The van der Waals surface area contributed by atoms with E-state index in [0.29, 0.717) is 0 Å². The largest absolute Gasteiger partial charge is 0.468 e. The number of hydrogen-bond donors (Lipinski definition) is 1. The number of benzene rings is 1. The number of para-hydroxylation sites is 1. The van der Waals surface area contributed by atoms with E-state index >= 15 is 0 Å². The summed E-state index contributed by atoms with van der Waals surface area (Å²) in [5.41, 5.74) is 5.99. The summed E-state index contributed by atoms with van der Waals surface area (Å²) in [4.78, 5) is 26.1. The first-order valence-corrected chi connectivity index (χ1v) is 7.41. The molecule has 2 heterocycles. The molecule has 0 saturated heterocycles. The molecule has 1 aliphatic rings.